The highest BCUT2D eigenvalue weighted by Crippen LogP contribution is 2.40. The van der Waals surface area contributed by atoms with Crippen LogP contribution in [0, 0.1) is 10.1 Å². The van der Waals surface area contributed by atoms with Gasteiger partial charge in [-0.1, -0.05) is 0 Å². The molecular weight excluding hydrogens is 263 g/mol. The molecule has 0 aromatic heterocycles. The number of benzene rings is 1. The summed E-state index contributed by atoms with van der Waals surface area (Å²) in [6, 6.07) is 5.24. The summed E-state index contributed by atoms with van der Waals surface area (Å²) in [5.74, 6) is 0. The number of aliphatic hydroxyl groups excluding tert-OH is 1. The van der Waals surface area contributed by atoms with Gasteiger partial charge in [0.1, 0.15) is 0 Å². The zero-order valence-electron chi connectivity index (χ0n) is 9.30. The fraction of sp³-hybridized carbons (Fsp3) is 0.333. The van der Waals surface area contributed by atoms with E-state index in [9.17, 15) is 14.7 Å². The third-order valence-electron chi connectivity index (χ3n) is 2.15. The van der Waals surface area contributed by atoms with Crippen molar-refractivity contribution in [3.8, 4) is 0 Å². The van der Waals surface area contributed by atoms with Gasteiger partial charge in [-0.15, -0.1) is 0 Å². The zero-order chi connectivity index (χ0) is 13.8. The second kappa shape index (κ2) is 6.03. The SMILES string of the molecule is NP(=O)(O)OC(CCO)c1ccc([N+](=O)[O-])cc1. The van der Waals surface area contributed by atoms with Gasteiger partial charge in [0.2, 0.25) is 0 Å². The lowest BCUT2D eigenvalue weighted by molar-refractivity contribution is -0.384. The summed E-state index contributed by atoms with van der Waals surface area (Å²) < 4.78 is 15.7. The van der Waals surface area contributed by atoms with E-state index in [1.807, 2.05) is 0 Å². The highest BCUT2D eigenvalue weighted by molar-refractivity contribution is 7.50. The van der Waals surface area contributed by atoms with E-state index >= 15 is 0 Å². The standard InChI is InChI=1S/C9H13N2O6P/c10-18(15,16)17-9(5-6-12)7-1-3-8(4-2-7)11(13)14/h1-4,9,12H,5-6H2,(H3,10,15,16). The van der Waals surface area contributed by atoms with Crippen molar-refractivity contribution in [1.29, 1.82) is 0 Å². The largest absolute Gasteiger partial charge is 0.400 e. The average molecular weight is 276 g/mol. The number of nitrogens with zero attached hydrogens (tertiary/aromatic N) is 1. The molecule has 0 spiro atoms. The third-order valence-corrected chi connectivity index (χ3v) is 2.70. The van der Waals surface area contributed by atoms with Crippen molar-refractivity contribution in [2.24, 2.45) is 5.50 Å². The number of nitro groups is 1. The van der Waals surface area contributed by atoms with E-state index in [-0.39, 0.29) is 18.7 Å². The first-order valence-corrected chi connectivity index (χ1v) is 6.63. The summed E-state index contributed by atoms with van der Waals surface area (Å²) in [4.78, 5) is 18.8. The molecule has 1 aromatic rings. The molecule has 0 aliphatic carbocycles. The highest BCUT2D eigenvalue weighted by atomic mass is 31.2. The van der Waals surface area contributed by atoms with Crippen molar-refractivity contribution in [3.05, 3.63) is 39.9 Å². The Morgan fingerprint density at radius 1 is 1.44 bits per heavy atom. The normalized spacial score (nSPS) is 15.9. The molecule has 0 saturated heterocycles. The van der Waals surface area contributed by atoms with Gasteiger partial charge in [0.15, 0.2) is 0 Å². The van der Waals surface area contributed by atoms with Crippen LogP contribution in [0.15, 0.2) is 24.3 Å². The Hall–Kier alpha value is -1.31. The summed E-state index contributed by atoms with van der Waals surface area (Å²) >= 11 is 0. The van der Waals surface area contributed by atoms with Crippen LogP contribution in [0.5, 0.6) is 0 Å². The Morgan fingerprint density at radius 3 is 2.39 bits per heavy atom. The first-order valence-electron chi connectivity index (χ1n) is 4.98. The fourth-order valence-corrected chi connectivity index (χ4v) is 1.98. The van der Waals surface area contributed by atoms with Gasteiger partial charge in [-0.3, -0.25) is 14.6 Å². The molecule has 18 heavy (non-hydrogen) atoms. The average Bonchev–Trinajstić information content (AvgIpc) is 2.27. The molecule has 0 aliphatic rings. The predicted molar refractivity (Wildman–Crippen MR) is 62.6 cm³/mol. The van der Waals surface area contributed by atoms with Gasteiger partial charge in [0.25, 0.3) is 5.69 Å². The molecule has 100 valence electrons. The van der Waals surface area contributed by atoms with Gasteiger partial charge in [0, 0.05) is 25.2 Å². The van der Waals surface area contributed by atoms with E-state index in [1.54, 1.807) is 0 Å². The second-order valence-electron chi connectivity index (χ2n) is 3.52. The van der Waals surface area contributed by atoms with Crippen LogP contribution in [0.1, 0.15) is 18.1 Å². The summed E-state index contributed by atoms with van der Waals surface area (Å²) in [6.07, 6.45) is -0.837. The Bertz CT molecular complexity index is 457. The first-order chi connectivity index (χ1) is 8.33. The Kier molecular flexibility index (Phi) is 4.94. The Balaban J connectivity index is 2.92. The van der Waals surface area contributed by atoms with Crippen molar-refractivity contribution in [2.45, 2.75) is 12.5 Å². The maximum absolute atomic E-state index is 11.0. The van der Waals surface area contributed by atoms with Crippen LogP contribution < -0.4 is 5.50 Å². The third kappa shape index (κ3) is 4.52. The van der Waals surface area contributed by atoms with E-state index in [0.29, 0.717) is 5.56 Å². The van der Waals surface area contributed by atoms with Crippen LogP contribution in [-0.2, 0) is 9.09 Å². The van der Waals surface area contributed by atoms with Crippen molar-refractivity contribution in [3.63, 3.8) is 0 Å². The maximum atomic E-state index is 11.0. The van der Waals surface area contributed by atoms with Gasteiger partial charge in [-0.05, 0) is 17.7 Å². The Morgan fingerprint density at radius 2 is 2.00 bits per heavy atom. The predicted octanol–water partition coefficient (Wildman–Crippen LogP) is 1.09. The number of nitrogens with two attached hydrogens (primary N) is 1. The van der Waals surface area contributed by atoms with Crippen LogP contribution in [0.25, 0.3) is 0 Å². The van der Waals surface area contributed by atoms with Gasteiger partial charge in [-0.25, -0.2) is 10.1 Å². The minimum absolute atomic E-state index is 0.0551. The molecule has 0 heterocycles. The van der Waals surface area contributed by atoms with Crippen LogP contribution in [-0.4, -0.2) is 21.5 Å². The van der Waals surface area contributed by atoms with Crippen molar-refractivity contribution < 1.29 is 24.0 Å². The highest BCUT2D eigenvalue weighted by Gasteiger charge is 2.22. The maximum Gasteiger partial charge on any atom is 0.400 e. The number of hydrogen-bond donors (Lipinski definition) is 3. The van der Waals surface area contributed by atoms with E-state index in [4.69, 9.17) is 20.0 Å². The van der Waals surface area contributed by atoms with Crippen LogP contribution in [0.3, 0.4) is 0 Å². The van der Waals surface area contributed by atoms with E-state index in [0.717, 1.165) is 0 Å². The van der Waals surface area contributed by atoms with Crippen LogP contribution in [0.4, 0.5) is 5.69 Å². The lowest BCUT2D eigenvalue weighted by atomic mass is 10.1. The smallest absolute Gasteiger partial charge is 0.396 e. The molecule has 0 saturated carbocycles. The second-order valence-corrected chi connectivity index (χ2v) is 4.86. The molecule has 2 unspecified atom stereocenters. The van der Waals surface area contributed by atoms with Crippen LogP contribution in [0.2, 0.25) is 0 Å². The van der Waals surface area contributed by atoms with Gasteiger partial charge < -0.3 is 10.00 Å². The molecule has 8 nitrogen and oxygen atoms in total. The number of aliphatic hydroxyl groups is 1. The minimum Gasteiger partial charge on any atom is -0.396 e. The van der Waals surface area contributed by atoms with Crippen molar-refractivity contribution in [2.75, 3.05) is 6.61 Å². The number of nitro benzene ring substituents is 1. The first kappa shape index (κ1) is 14.7. The molecule has 9 heteroatoms. The minimum atomic E-state index is -4.19. The summed E-state index contributed by atoms with van der Waals surface area (Å²) in [5, 5.41) is 19.3. The molecule has 0 radical (unpaired) electrons. The summed E-state index contributed by atoms with van der Waals surface area (Å²) in [7, 11) is -4.19. The molecule has 1 aromatic carbocycles. The number of hydrogen-bond acceptors (Lipinski definition) is 5. The van der Waals surface area contributed by atoms with Crippen molar-refractivity contribution >= 4 is 13.4 Å². The summed E-state index contributed by atoms with van der Waals surface area (Å²) in [5.41, 5.74) is 5.20. The van der Waals surface area contributed by atoms with E-state index in [2.05, 4.69) is 0 Å². The lowest BCUT2D eigenvalue weighted by Crippen LogP contribution is -2.08. The van der Waals surface area contributed by atoms with E-state index < -0.39 is 18.8 Å². The van der Waals surface area contributed by atoms with Crippen LogP contribution >= 0.6 is 7.75 Å². The van der Waals surface area contributed by atoms with E-state index in [1.165, 1.54) is 24.3 Å². The number of rotatable bonds is 6. The molecule has 4 N–H and O–H groups in total. The molecule has 1 rings (SSSR count). The molecular formula is C9H13N2O6P. The number of non-ortho nitro benzene ring substituents is 1. The molecule has 2 atom stereocenters. The van der Waals surface area contributed by atoms with Gasteiger partial charge >= 0.3 is 7.75 Å². The molecule has 0 amide bonds. The molecule has 0 fully saturated rings. The topological polar surface area (TPSA) is 136 Å². The van der Waals surface area contributed by atoms with Crippen molar-refractivity contribution in [1.82, 2.24) is 0 Å². The zero-order valence-corrected chi connectivity index (χ0v) is 10.2. The fourth-order valence-electron chi connectivity index (χ4n) is 1.39. The quantitative estimate of drug-likeness (QED) is 0.402. The van der Waals surface area contributed by atoms with Gasteiger partial charge in [0.05, 0.1) is 11.0 Å². The Labute approximate surface area is 103 Å². The molecule has 0 aliphatic heterocycles. The lowest BCUT2D eigenvalue weighted by Gasteiger charge is -2.18. The monoisotopic (exact) mass is 276 g/mol. The van der Waals surface area contributed by atoms with Gasteiger partial charge in [-0.2, -0.15) is 0 Å². The molecule has 0 bridgehead atoms. The summed E-state index contributed by atoms with van der Waals surface area (Å²) in [6.45, 7) is -0.276.